The molecule has 2 aliphatic heterocycles. The van der Waals surface area contributed by atoms with Gasteiger partial charge >= 0.3 is 6.03 Å². The lowest BCUT2D eigenvalue weighted by Crippen LogP contribution is -2.47. The molecule has 2 heterocycles. The van der Waals surface area contributed by atoms with Crippen LogP contribution in [0, 0.1) is 0 Å². The first-order valence-corrected chi connectivity index (χ1v) is 12.3. The Kier molecular flexibility index (Phi) is 6.11. The number of para-hydroxylation sites is 1. The molecule has 1 saturated heterocycles. The second-order valence-corrected chi connectivity index (χ2v) is 10.2. The zero-order valence-electron chi connectivity index (χ0n) is 18.4. The number of likely N-dealkylation sites (tertiary alicyclic amines) is 1. The summed E-state index contributed by atoms with van der Waals surface area (Å²) in [7, 11) is -3.97. The Balaban J connectivity index is 1.37. The number of carbonyl (C=O) groups is 3. The van der Waals surface area contributed by atoms with Gasteiger partial charge in [0.2, 0.25) is 0 Å². The molecule has 0 saturated carbocycles. The number of fused-ring (bicyclic) bond motifs is 1. The van der Waals surface area contributed by atoms with Crippen molar-refractivity contribution in [1.29, 1.82) is 0 Å². The lowest BCUT2D eigenvalue weighted by Gasteiger charge is -2.32. The molecule has 0 aromatic heterocycles. The molecular weight excluding hydrogens is 444 g/mol. The molecule has 174 valence electrons. The minimum atomic E-state index is -3.97. The normalized spacial score (nSPS) is 17.7. The molecule has 10 heteroatoms. The van der Waals surface area contributed by atoms with Gasteiger partial charge in [-0.3, -0.25) is 9.59 Å². The Morgan fingerprint density at radius 2 is 1.70 bits per heavy atom. The average molecular weight is 471 g/mol. The van der Waals surface area contributed by atoms with Gasteiger partial charge in [-0.1, -0.05) is 18.2 Å². The summed E-state index contributed by atoms with van der Waals surface area (Å²) in [4.78, 5) is 39.2. The Bertz CT molecular complexity index is 1190. The van der Waals surface area contributed by atoms with Crippen LogP contribution in [0.5, 0.6) is 0 Å². The summed E-state index contributed by atoms with van der Waals surface area (Å²) in [6, 6.07) is 12.5. The smallest absolute Gasteiger partial charge is 0.321 e. The number of amides is 4. The van der Waals surface area contributed by atoms with Crippen molar-refractivity contribution in [3.8, 4) is 0 Å². The van der Waals surface area contributed by atoms with Crippen LogP contribution in [-0.4, -0.2) is 60.6 Å². The van der Waals surface area contributed by atoms with Crippen LogP contribution in [-0.2, 0) is 10.0 Å². The molecule has 0 spiro atoms. The molecule has 0 unspecified atom stereocenters. The van der Waals surface area contributed by atoms with Crippen LogP contribution in [0.4, 0.5) is 10.5 Å². The lowest BCUT2D eigenvalue weighted by atomic mass is 10.0. The Hall–Kier alpha value is -3.40. The summed E-state index contributed by atoms with van der Waals surface area (Å²) in [6.45, 7) is 4.23. The fourth-order valence-corrected chi connectivity index (χ4v) is 5.91. The highest BCUT2D eigenvalue weighted by atomic mass is 32.2. The molecule has 2 aliphatic rings. The summed E-state index contributed by atoms with van der Waals surface area (Å²) in [5.74, 6) is -0.983. The summed E-state index contributed by atoms with van der Waals surface area (Å²) < 4.78 is 26.4. The second-order valence-electron chi connectivity index (χ2n) is 8.44. The van der Waals surface area contributed by atoms with Crippen molar-refractivity contribution in [2.24, 2.45) is 0 Å². The van der Waals surface area contributed by atoms with Crippen LogP contribution in [0.2, 0.25) is 0 Å². The molecule has 4 rings (SSSR count). The Labute approximate surface area is 192 Å². The van der Waals surface area contributed by atoms with Crippen molar-refractivity contribution in [2.45, 2.75) is 43.7 Å². The van der Waals surface area contributed by atoms with Crippen LogP contribution in [0.3, 0.4) is 0 Å². The van der Waals surface area contributed by atoms with Crippen molar-refractivity contribution in [2.75, 3.05) is 18.4 Å². The maximum atomic E-state index is 12.8. The van der Waals surface area contributed by atoms with Gasteiger partial charge in [0.25, 0.3) is 21.8 Å². The average Bonchev–Trinajstić information content (AvgIpc) is 2.99. The molecule has 0 atom stereocenters. The van der Waals surface area contributed by atoms with E-state index in [9.17, 15) is 22.8 Å². The van der Waals surface area contributed by atoms with Gasteiger partial charge in [0.1, 0.15) is 4.90 Å². The van der Waals surface area contributed by atoms with Gasteiger partial charge in [0.05, 0.1) is 5.56 Å². The van der Waals surface area contributed by atoms with Gasteiger partial charge in [-0.15, -0.1) is 0 Å². The van der Waals surface area contributed by atoms with Crippen molar-refractivity contribution in [3.05, 3.63) is 59.7 Å². The van der Waals surface area contributed by atoms with Crippen LogP contribution < -0.4 is 10.6 Å². The second kappa shape index (κ2) is 8.86. The number of hydrogen-bond donors (Lipinski definition) is 2. The fraction of sp³-hybridized carbons (Fsp3) is 0.348. The maximum absolute atomic E-state index is 12.8. The van der Waals surface area contributed by atoms with E-state index in [0.29, 0.717) is 25.9 Å². The molecule has 0 bridgehead atoms. The number of benzene rings is 2. The van der Waals surface area contributed by atoms with E-state index in [4.69, 9.17) is 0 Å². The van der Waals surface area contributed by atoms with E-state index in [1.807, 2.05) is 30.3 Å². The standard InChI is InChI=1S/C23H26N4O5S/c1-15(2)27-22(29)19-9-8-16(14-20(19)33(27,31)32)21(28)24-18-10-12-26(13-11-18)23(30)25-17-6-4-3-5-7-17/h3-9,14-15,18H,10-13H2,1-2H3,(H,24,28)(H,25,30). The monoisotopic (exact) mass is 470 g/mol. The van der Waals surface area contributed by atoms with Crippen molar-refractivity contribution < 1.29 is 22.8 Å². The predicted octanol–water partition coefficient (Wildman–Crippen LogP) is 2.67. The van der Waals surface area contributed by atoms with Crippen molar-refractivity contribution in [1.82, 2.24) is 14.5 Å². The highest BCUT2D eigenvalue weighted by Gasteiger charge is 2.43. The first-order chi connectivity index (χ1) is 15.7. The number of urea groups is 1. The van der Waals surface area contributed by atoms with Crippen LogP contribution in [0.1, 0.15) is 47.4 Å². The third kappa shape index (κ3) is 4.43. The molecule has 4 amide bonds. The summed E-state index contributed by atoms with van der Waals surface area (Å²) in [5, 5.41) is 5.77. The number of carbonyl (C=O) groups excluding carboxylic acids is 3. The highest BCUT2D eigenvalue weighted by molar-refractivity contribution is 7.90. The van der Waals surface area contributed by atoms with E-state index >= 15 is 0 Å². The van der Waals surface area contributed by atoms with Gasteiger partial charge in [0, 0.05) is 36.4 Å². The van der Waals surface area contributed by atoms with Gasteiger partial charge in [-0.05, 0) is 57.0 Å². The zero-order chi connectivity index (χ0) is 23.8. The van der Waals surface area contributed by atoms with Gasteiger partial charge in [0.15, 0.2) is 0 Å². The van der Waals surface area contributed by atoms with E-state index in [-0.39, 0.29) is 28.1 Å². The molecule has 2 aromatic rings. The van der Waals surface area contributed by atoms with Crippen molar-refractivity contribution >= 4 is 33.6 Å². The fourth-order valence-electron chi connectivity index (χ4n) is 4.12. The third-order valence-corrected chi connectivity index (χ3v) is 7.82. The number of rotatable bonds is 4. The van der Waals surface area contributed by atoms with Crippen LogP contribution in [0.15, 0.2) is 53.4 Å². The number of anilines is 1. The number of piperidine rings is 1. The van der Waals surface area contributed by atoms with Crippen molar-refractivity contribution in [3.63, 3.8) is 0 Å². The van der Waals surface area contributed by atoms with Crippen LogP contribution in [0.25, 0.3) is 0 Å². The number of hydrogen-bond acceptors (Lipinski definition) is 5. The third-order valence-electron chi connectivity index (χ3n) is 5.82. The highest BCUT2D eigenvalue weighted by Crippen LogP contribution is 2.32. The summed E-state index contributed by atoms with van der Waals surface area (Å²) in [5.41, 5.74) is 0.983. The number of nitrogens with zero attached hydrogens (tertiary/aromatic N) is 2. The lowest BCUT2D eigenvalue weighted by molar-refractivity contribution is 0.0844. The van der Waals surface area contributed by atoms with E-state index in [2.05, 4.69) is 10.6 Å². The summed E-state index contributed by atoms with van der Waals surface area (Å²) in [6.07, 6.45) is 1.16. The van der Waals surface area contributed by atoms with E-state index in [1.165, 1.54) is 18.2 Å². The molecule has 0 aliphatic carbocycles. The number of nitrogens with one attached hydrogen (secondary N) is 2. The van der Waals surface area contributed by atoms with E-state index in [0.717, 1.165) is 9.99 Å². The molecule has 2 aromatic carbocycles. The predicted molar refractivity (Wildman–Crippen MR) is 122 cm³/mol. The Morgan fingerprint density at radius 1 is 1.03 bits per heavy atom. The van der Waals surface area contributed by atoms with E-state index in [1.54, 1.807) is 18.7 Å². The Morgan fingerprint density at radius 3 is 2.33 bits per heavy atom. The first-order valence-electron chi connectivity index (χ1n) is 10.8. The largest absolute Gasteiger partial charge is 0.349 e. The van der Waals surface area contributed by atoms with Gasteiger partial charge < -0.3 is 15.5 Å². The maximum Gasteiger partial charge on any atom is 0.321 e. The van der Waals surface area contributed by atoms with Gasteiger partial charge in [-0.25, -0.2) is 17.5 Å². The topological polar surface area (TPSA) is 116 Å². The molecule has 1 fully saturated rings. The van der Waals surface area contributed by atoms with Gasteiger partial charge in [-0.2, -0.15) is 0 Å². The quantitative estimate of drug-likeness (QED) is 0.713. The zero-order valence-corrected chi connectivity index (χ0v) is 19.3. The SMILES string of the molecule is CC(C)N1C(=O)c2ccc(C(=O)NC3CCN(C(=O)Nc4ccccc4)CC3)cc2S1(=O)=O. The molecule has 0 radical (unpaired) electrons. The molecule has 33 heavy (non-hydrogen) atoms. The van der Waals surface area contributed by atoms with Crippen LogP contribution >= 0.6 is 0 Å². The first kappa shape index (κ1) is 22.8. The molecule has 9 nitrogen and oxygen atoms in total. The minimum Gasteiger partial charge on any atom is -0.349 e. The molecular formula is C23H26N4O5S. The summed E-state index contributed by atoms with van der Waals surface area (Å²) >= 11 is 0. The minimum absolute atomic E-state index is 0.0815. The van der Waals surface area contributed by atoms with E-state index < -0.39 is 27.9 Å². The molecule has 2 N–H and O–H groups in total. The number of sulfonamides is 1.